The van der Waals surface area contributed by atoms with Crippen molar-refractivity contribution in [1.29, 1.82) is 0 Å². The van der Waals surface area contributed by atoms with E-state index in [1.807, 2.05) is 43.6 Å². The van der Waals surface area contributed by atoms with Crippen LogP contribution in [-0.2, 0) is 7.05 Å². The first kappa shape index (κ1) is 20.4. The molecule has 2 aromatic heterocycles. The maximum absolute atomic E-state index is 5.62. The maximum Gasteiger partial charge on any atom is 0.187 e. The second-order valence-corrected chi connectivity index (χ2v) is 7.97. The molecule has 8 nitrogen and oxygen atoms in total. The van der Waals surface area contributed by atoms with Crippen LogP contribution in [0.4, 0.5) is 5.82 Å². The van der Waals surface area contributed by atoms with E-state index in [9.17, 15) is 0 Å². The van der Waals surface area contributed by atoms with Crippen LogP contribution < -0.4 is 18.9 Å². The molecule has 0 spiro atoms. The van der Waals surface area contributed by atoms with Crippen LogP contribution in [-0.4, -0.2) is 36.3 Å². The van der Waals surface area contributed by atoms with E-state index in [0.717, 1.165) is 26.0 Å². The molecule has 0 fully saturated rings. The minimum Gasteiger partial charge on any atom is -0.496 e. The summed E-state index contributed by atoms with van der Waals surface area (Å²) in [4.78, 5) is 0.778. The summed E-state index contributed by atoms with van der Waals surface area (Å²) in [5.41, 5.74) is 2.36. The minimum absolute atomic E-state index is 0.568. The molecule has 0 bridgehead atoms. The van der Waals surface area contributed by atoms with Crippen molar-refractivity contribution in [3.8, 4) is 28.5 Å². The van der Waals surface area contributed by atoms with Crippen LogP contribution in [0.25, 0.3) is 22.2 Å². The van der Waals surface area contributed by atoms with Crippen LogP contribution in [0.15, 0.2) is 50.4 Å². The van der Waals surface area contributed by atoms with Crippen molar-refractivity contribution in [2.75, 3.05) is 26.1 Å². The third-order valence-electron chi connectivity index (χ3n) is 4.46. The van der Waals surface area contributed by atoms with Crippen molar-refractivity contribution in [3.63, 3.8) is 0 Å². The van der Waals surface area contributed by atoms with Gasteiger partial charge < -0.3 is 23.5 Å². The summed E-state index contributed by atoms with van der Waals surface area (Å²) in [6.45, 7) is 0. The molecular weight excluding hydrogens is 472 g/mol. The highest BCUT2D eigenvalue weighted by molar-refractivity contribution is 9.10. The van der Waals surface area contributed by atoms with Gasteiger partial charge >= 0.3 is 0 Å². The summed E-state index contributed by atoms with van der Waals surface area (Å²) in [5.74, 6) is 2.56. The van der Waals surface area contributed by atoms with E-state index in [-0.39, 0.29) is 0 Å². The van der Waals surface area contributed by atoms with Gasteiger partial charge in [0.15, 0.2) is 11.4 Å². The molecule has 0 aliphatic carbocycles. The Morgan fingerprint density at radius 2 is 1.73 bits per heavy atom. The lowest BCUT2D eigenvalue weighted by atomic mass is 10.1. The second kappa shape index (κ2) is 8.49. The number of methoxy groups -OCH3 is 3. The van der Waals surface area contributed by atoms with E-state index < -0.39 is 0 Å². The molecule has 0 saturated heterocycles. The normalized spacial score (nSPS) is 11.0. The van der Waals surface area contributed by atoms with Gasteiger partial charge in [-0.25, -0.2) is 0 Å². The highest BCUT2D eigenvalue weighted by Crippen LogP contribution is 2.42. The lowest BCUT2D eigenvalue weighted by molar-refractivity contribution is 0.377. The topological polar surface area (TPSA) is 83.6 Å². The van der Waals surface area contributed by atoms with E-state index in [4.69, 9.17) is 18.7 Å². The number of aromatic nitrogens is 3. The molecule has 2 aromatic carbocycles. The van der Waals surface area contributed by atoms with Gasteiger partial charge in [0.1, 0.15) is 22.1 Å². The first-order valence-corrected chi connectivity index (χ1v) is 10.5. The molecule has 0 aliphatic rings. The first-order chi connectivity index (χ1) is 14.5. The zero-order chi connectivity index (χ0) is 21.3. The number of anilines is 1. The smallest absolute Gasteiger partial charge is 0.187 e. The van der Waals surface area contributed by atoms with Crippen molar-refractivity contribution in [2.24, 2.45) is 7.05 Å². The zero-order valence-corrected chi connectivity index (χ0v) is 19.1. The Hall–Kier alpha value is -2.85. The molecule has 0 radical (unpaired) electrons. The van der Waals surface area contributed by atoms with Gasteiger partial charge in [-0.15, -0.1) is 0 Å². The van der Waals surface area contributed by atoms with E-state index in [2.05, 4.69) is 30.9 Å². The summed E-state index contributed by atoms with van der Waals surface area (Å²) in [7, 11) is 6.73. The standard InChI is InChI=1S/C20H19BrN4O4S/c1-25-6-5-14(22-25)11-7-17(27-3)19(18(8-11)28-4)30-24-20-12-9-16(26-2)13(21)10-15(12)29-23-20/h5-10H,1-4H3,(H,23,24). The van der Waals surface area contributed by atoms with Gasteiger partial charge in [0, 0.05) is 24.9 Å². The van der Waals surface area contributed by atoms with Gasteiger partial charge in [0.2, 0.25) is 0 Å². The zero-order valence-electron chi connectivity index (χ0n) is 16.7. The van der Waals surface area contributed by atoms with Crippen LogP contribution in [0.3, 0.4) is 0 Å². The predicted molar refractivity (Wildman–Crippen MR) is 119 cm³/mol. The van der Waals surface area contributed by atoms with E-state index in [1.54, 1.807) is 26.0 Å². The Bertz CT molecular complexity index is 1180. The van der Waals surface area contributed by atoms with Crippen LogP contribution in [0.2, 0.25) is 0 Å². The summed E-state index contributed by atoms with van der Waals surface area (Å²) in [6.07, 6.45) is 1.89. The SMILES string of the molecule is COc1cc2c(NSc3c(OC)cc(-c4ccn(C)n4)cc3OC)noc2cc1Br. The van der Waals surface area contributed by atoms with E-state index in [1.165, 1.54) is 11.9 Å². The molecule has 4 rings (SSSR count). The average Bonchev–Trinajstić information content (AvgIpc) is 3.36. The number of aryl methyl sites for hydroxylation is 1. The summed E-state index contributed by atoms with van der Waals surface area (Å²) in [5, 5.41) is 9.38. The molecule has 0 unspecified atom stereocenters. The molecule has 0 amide bonds. The fourth-order valence-electron chi connectivity index (χ4n) is 2.97. The molecule has 30 heavy (non-hydrogen) atoms. The Morgan fingerprint density at radius 1 is 1.03 bits per heavy atom. The first-order valence-electron chi connectivity index (χ1n) is 8.86. The highest BCUT2D eigenvalue weighted by atomic mass is 79.9. The van der Waals surface area contributed by atoms with Gasteiger partial charge in [-0.3, -0.25) is 4.68 Å². The number of nitrogens with zero attached hydrogens (tertiary/aromatic N) is 3. The summed E-state index contributed by atoms with van der Waals surface area (Å²) in [6, 6.07) is 9.47. The molecular formula is C20H19BrN4O4S. The summed E-state index contributed by atoms with van der Waals surface area (Å²) >= 11 is 4.77. The van der Waals surface area contributed by atoms with Crippen molar-refractivity contribution >= 4 is 44.7 Å². The Morgan fingerprint density at radius 3 is 2.33 bits per heavy atom. The van der Waals surface area contributed by atoms with Crippen molar-refractivity contribution in [3.05, 3.63) is 41.0 Å². The van der Waals surface area contributed by atoms with Crippen LogP contribution >= 0.6 is 27.9 Å². The number of nitrogens with one attached hydrogen (secondary N) is 1. The van der Waals surface area contributed by atoms with Crippen LogP contribution in [0.1, 0.15) is 0 Å². The lowest BCUT2D eigenvalue weighted by Gasteiger charge is -2.14. The average molecular weight is 491 g/mol. The molecule has 0 aliphatic heterocycles. The Labute approximate surface area is 185 Å². The van der Waals surface area contributed by atoms with Crippen LogP contribution in [0, 0.1) is 0 Å². The molecule has 2 heterocycles. The fourth-order valence-corrected chi connectivity index (χ4v) is 4.28. The molecule has 4 aromatic rings. The molecule has 0 atom stereocenters. The van der Waals surface area contributed by atoms with Gasteiger partial charge in [-0.05, 0) is 52.1 Å². The highest BCUT2D eigenvalue weighted by Gasteiger charge is 2.18. The number of hydrogen-bond donors (Lipinski definition) is 1. The van der Waals surface area contributed by atoms with E-state index in [0.29, 0.717) is 28.6 Å². The number of halogens is 1. The third-order valence-corrected chi connectivity index (χ3v) is 5.99. The van der Waals surface area contributed by atoms with Gasteiger partial charge in [-0.2, -0.15) is 5.10 Å². The molecule has 0 saturated carbocycles. The number of hydrogen-bond acceptors (Lipinski definition) is 8. The Kier molecular flexibility index (Phi) is 5.78. The van der Waals surface area contributed by atoms with Gasteiger partial charge in [-0.1, -0.05) is 5.16 Å². The van der Waals surface area contributed by atoms with Crippen LogP contribution in [0.5, 0.6) is 17.2 Å². The van der Waals surface area contributed by atoms with Crippen molar-refractivity contribution in [2.45, 2.75) is 4.90 Å². The van der Waals surface area contributed by atoms with Gasteiger partial charge in [0.05, 0.1) is 36.9 Å². The molecule has 10 heteroatoms. The van der Waals surface area contributed by atoms with Crippen molar-refractivity contribution < 1.29 is 18.7 Å². The second-order valence-electron chi connectivity index (χ2n) is 6.30. The number of rotatable bonds is 7. The predicted octanol–water partition coefficient (Wildman–Crippen LogP) is 5.14. The monoisotopic (exact) mass is 490 g/mol. The third kappa shape index (κ3) is 3.80. The number of ether oxygens (including phenoxy) is 3. The van der Waals surface area contributed by atoms with Crippen molar-refractivity contribution in [1.82, 2.24) is 14.9 Å². The van der Waals surface area contributed by atoms with Gasteiger partial charge in [0.25, 0.3) is 0 Å². The van der Waals surface area contributed by atoms with E-state index >= 15 is 0 Å². The fraction of sp³-hybridized carbons (Fsp3) is 0.200. The largest absolute Gasteiger partial charge is 0.496 e. The molecule has 156 valence electrons. The lowest BCUT2D eigenvalue weighted by Crippen LogP contribution is -1.97. The minimum atomic E-state index is 0.568. The number of benzene rings is 2. The summed E-state index contributed by atoms with van der Waals surface area (Å²) < 4.78 is 27.8. The molecule has 1 N–H and O–H groups in total. The number of fused-ring (bicyclic) bond motifs is 1. The maximum atomic E-state index is 5.62. The quantitative estimate of drug-likeness (QED) is 0.356. The Balaban J connectivity index is 1.67.